The molecule has 17 heteroatoms. The van der Waals surface area contributed by atoms with Gasteiger partial charge in [-0.25, -0.2) is 19.4 Å². The first-order valence-electron chi connectivity index (χ1n) is 12.3. The Hall–Kier alpha value is -4.09. The van der Waals surface area contributed by atoms with Crippen molar-refractivity contribution >= 4 is 41.3 Å². The fourth-order valence-electron chi connectivity index (χ4n) is 3.72. The summed E-state index contributed by atoms with van der Waals surface area (Å²) in [5, 5.41) is 5.21. The fraction of sp³-hybridized carbons (Fsp3) is 0.500. The molecular weight excluding hydrogens is 563 g/mol. The lowest BCUT2D eigenvalue weighted by Gasteiger charge is -2.27. The minimum Gasteiger partial charge on any atom is -0.383 e. The third-order valence-electron chi connectivity index (χ3n) is 5.65. The Morgan fingerprint density at radius 1 is 0.902 bits per heavy atom. The van der Waals surface area contributed by atoms with Gasteiger partial charge in [-0.05, 0) is 24.6 Å². The maximum atomic E-state index is 12.8. The van der Waals surface area contributed by atoms with Gasteiger partial charge in [0.05, 0.1) is 57.2 Å². The van der Waals surface area contributed by atoms with E-state index in [4.69, 9.17) is 14.2 Å². The molecule has 3 rings (SSSR count). The molecule has 2 aliphatic rings. The van der Waals surface area contributed by atoms with Crippen LogP contribution in [0.5, 0.6) is 0 Å². The molecule has 0 spiro atoms. The van der Waals surface area contributed by atoms with E-state index in [1.54, 1.807) is 6.07 Å². The maximum absolute atomic E-state index is 12.8. The van der Waals surface area contributed by atoms with E-state index >= 15 is 0 Å². The predicted molar refractivity (Wildman–Crippen MR) is 127 cm³/mol. The molecule has 1 aromatic rings. The fourth-order valence-corrected chi connectivity index (χ4v) is 3.72. The van der Waals surface area contributed by atoms with Gasteiger partial charge in [0.2, 0.25) is 11.8 Å². The lowest BCUT2D eigenvalue weighted by atomic mass is 10.0. The van der Waals surface area contributed by atoms with Crippen LogP contribution in [0.25, 0.3) is 0 Å². The van der Waals surface area contributed by atoms with Gasteiger partial charge in [-0.3, -0.25) is 29.4 Å². The number of benzene rings is 1. The van der Waals surface area contributed by atoms with E-state index in [1.807, 2.05) is 0 Å². The molecule has 224 valence electrons. The molecule has 0 bridgehead atoms. The summed E-state index contributed by atoms with van der Waals surface area (Å²) in [6.45, 7) is 1.17. The summed E-state index contributed by atoms with van der Waals surface area (Å²) >= 11 is 0. The zero-order valence-electron chi connectivity index (χ0n) is 21.5. The van der Waals surface area contributed by atoms with Crippen molar-refractivity contribution in [1.29, 1.82) is 0 Å². The third kappa shape index (κ3) is 8.95. The van der Waals surface area contributed by atoms with Gasteiger partial charge in [0.1, 0.15) is 6.04 Å². The summed E-state index contributed by atoms with van der Waals surface area (Å²) in [4.78, 5) is 78.6. The van der Waals surface area contributed by atoms with Crippen LogP contribution in [0.1, 0.15) is 40.0 Å². The number of rotatable bonds is 14. The van der Waals surface area contributed by atoms with Crippen molar-refractivity contribution in [2.75, 3.05) is 51.5 Å². The monoisotopic (exact) mass is 589 g/mol. The molecule has 0 saturated carbocycles. The van der Waals surface area contributed by atoms with Crippen LogP contribution in [0.2, 0.25) is 0 Å². The summed E-state index contributed by atoms with van der Waals surface area (Å²) in [7, 11) is 0. The van der Waals surface area contributed by atoms with Gasteiger partial charge in [0.25, 0.3) is 11.8 Å². The first-order valence-corrected chi connectivity index (χ1v) is 12.3. The molecule has 1 fully saturated rings. The molecule has 1 saturated heterocycles. The van der Waals surface area contributed by atoms with Gasteiger partial charge in [-0.2, -0.15) is 13.2 Å². The Balaban J connectivity index is 1.23. The quantitative estimate of drug-likeness (QED) is 0.133. The molecule has 0 aromatic heterocycles. The van der Waals surface area contributed by atoms with Crippen molar-refractivity contribution in [1.82, 2.24) is 10.2 Å². The summed E-state index contributed by atoms with van der Waals surface area (Å²) in [5.74, 6) is -6.17. The topological polar surface area (TPSA) is 176 Å². The number of halogens is 3. The Morgan fingerprint density at radius 3 is 2.20 bits per heavy atom. The number of hydrogen-bond acceptors (Lipinski definition) is 12. The van der Waals surface area contributed by atoms with Gasteiger partial charge < -0.3 is 19.5 Å². The average molecular weight is 589 g/mol. The van der Waals surface area contributed by atoms with E-state index < -0.39 is 54.2 Å². The molecular formula is C24H26F3N3O11. The Labute approximate surface area is 230 Å². The molecule has 2 N–H and O–H groups in total. The summed E-state index contributed by atoms with van der Waals surface area (Å²) in [6, 6.07) is 3.59. The number of carbonyl (C=O) groups excluding carboxylic acids is 6. The lowest BCUT2D eigenvalue weighted by Crippen LogP contribution is -2.54. The Bertz CT molecular complexity index is 1180. The van der Waals surface area contributed by atoms with E-state index in [1.165, 1.54) is 12.1 Å². The van der Waals surface area contributed by atoms with Crippen LogP contribution >= 0.6 is 0 Å². The highest BCUT2D eigenvalue weighted by Crippen LogP contribution is 2.29. The molecule has 41 heavy (non-hydrogen) atoms. The second kappa shape index (κ2) is 14.5. The van der Waals surface area contributed by atoms with Crippen molar-refractivity contribution in [2.24, 2.45) is 0 Å². The summed E-state index contributed by atoms with van der Waals surface area (Å²) < 4.78 is 51.4. The van der Waals surface area contributed by atoms with E-state index in [9.17, 15) is 41.9 Å². The molecule has 0 radical (unpaired) electrons. The van der Waals surface area contributed by atoms with Gasteiger partial charge in [0, 0.05) is 18.7 Å². The first kappa shape index (κ1) is 31.4. The molecule has 0 aliphatic carbocycles. The molecule has 4 amide bonds. The van der Waals surface area contributed by atoms with Crippen LogP contribution in [0, 0.1) is 0 Å². The number of nitrogens with zero attached hydrogens (tertiary/aromatic N) is 1. The smallest absolute Gasteiger partial charge is 0.383 e. The van der Waals surface area contributed by atoms with Crippen LogP contribution in [-0.4, -0.2) is 98.9 Å². The van der Waals surface area contributed by atoms with Gasteiger partial charge in [0.15, 0.2) is 0 Å². The highest BCUT2D eigenvalue weighted by Gasteiger charge is 2.45. The number of fused-ring (bicyclic) bond motifs is 1. The largest absolute Gasteiger partial charge is 0.495 e. The predicted octanol–water partition coefficient (Wildman–Crippen LogP) is 0.503. The zero-order chi connectivity index (χ0) is 30.0. The number of anilines is 1. The second-order valence-corrected chi connectivity index (χ2v) is 8.55. The third-order valence-corrected chi connectivity index (χ3v) is 5.65. The van der Waals surface area contributed by atoms with Crippen LogP contribution in [-0.2, 0) is 43.2 Å². The van der Waals surface area contributed by atoms with Crippen molar-refractivity contribution < 1.29 is 65.9 Å². The second-order valence-electron chi connectivity index (χ2n) is 8.55. The van der Waals surface area contributed by atoms with Crippen molar-refractivity contribution in [3.63, 3.8) is 0 Å². The lowest BCUT2D eigenvalue weighted by molar-refractivity contribution is -0.286. The van der Waals surface area contributed by atoms with Crippen molar-refractivity contribution in [3.8, 4) is 0 Å². The van der Waals surface area contributed by atoms with Gasteiger partial charge in [-0.15, -0.1) is 0 Å². The highest BCUT2D eigenvalue weighted by molar-refractivity contribution is 6.23. The van der Waals surface area contributed by atoms with Crippen LogP contribution in [0.4, 0.5) is 18.9 Å². The minimum absolute atomic E-state index is 0.0355. The van der Waals surface area contributed by atoms with Gasteiger partial charge in [-0.1, -0.05) is 0 Å². The van der Waals surface area contributed by atoms with Crippen LogP contribution in [0.15, 0.2) is 18.2 Å². The highest BCUT2D eigenvalue weighted by atomic mass is 19.4. The number of nitrogens with one attached hydrogen (secondary N) is 2. The van der Waals surface area contributed by atoms with Crippen molar-refractivity contribution in [2.45, 2.75) is 31.5 Å². The van der Waals surface area contributed by atoms with Crippen LogP contribution < -0.4 is 10.6 Å². The van der Waals surface area contributed by atoms with Gasteiger partial charge >= 0.3 is 18.1 Å². The number of imide groups is 2. The number of piperidine rings is 1. The molecule has 2 aliphatic heterocycles. The number of hydrogen-bond donors (Lipinski definition) is 2. The normalized spacial score (nSPS) is 16.9. The summed E-state index contributed by atoms with van der Waals surface area (Å²) in [6.07, 6.45) is -5.60. The molecule has 2 heterocycles. The first-order chi connectivity index (χ1) is 19.5. The Kier molecular flexibility index (Phi) is 11.1. The van der Waals surface area contributed by atoms with E-state index in [0.717, 1.165) is 4.90 Å². The van der Waals surface area contributed by atoms with E-state index in [0.29, 0.717) is 12.2 Å². The number of carbonyl (C=O) groups is 6. The molecule has 1 atom stereocenters. The van der Waals surface area contributed by atoms with Crippen LogP contribution in [0.3, 0.4) is 0 Å². The standard InChI is InChI=1S/C24H26F3N3O11/c25-24(26,27)23(36)41-40-19(32)5-7-37-9-11-39-12-10-38-8-6-28-14-1-2-15-16(13-14)22(35)30(21(15)34)17-3-4-18(31)29-20(17)33/h1-2,13,17,28H,3-12H2,(H,29,31,33). The molecule has 14 nitrogen and oxygen atoms in total. The number of amides is 4. The van der Waals surface area contributed by atoms with Crippen molar-refractivity contribution in [3.05, 3.63) is 29.3 Å². The number of ether oxygens (including phenoxy) is 3. The average Bonchev–Trinajstić information content (AvgIpc) is 3.16. The number of alkyl halides is 3. The maximum Gasteiger partial charge on any atom is 0.495 e. The SMILES string of the molecule is O=C1CCC(N2C(=O)c3ccc(NCCOCCOCCOCCC(=O)OOC(=O)C(F)(F)F)cc3C2=O)C(=O)N1. The summed E-state index contributed by atoms with van der Waals surface area (Å²) in [5.41, 5.74) is 0.895. The van der Waals surface area contributed by atoms with E-state index in [2.05, 4.69) is 20.4 Å². The zero-order valence-corrected chi connectivity index (χ0v) is 21.5. The molecule has 1 unspecified atom stereocenters. The molecule has 1 aromatic carbocycles. The minimum atomic E-state index is -5.27. The van der Waals surface area contributed by atoms with E-state index in [-0.39, 0.29) is 63.6 Å². The Morgan fingerprint density at radius 2 is 1.54 bits per heavy atom.